The summed E-state index contributed by atoms with van der Waals surface area (Å²) in [7, 11) is 0. The quantitative estimate of drug-likeness (QED) is 0.273. The van der Waals surface area contributed by atoms with E-state index in [9.17, 15) is 0 Å². The molecule has 0 aliphatic rings. The lowest BCUT2D eigenvalue weighted by atomic mass is 10.0. The standard InChI is InChI=1S/C27H23N5S/c1-5-6-19(26-8-7-25(33-26)16(2)3)20-13-23(30-17(20)4)27-21-14-22(18-9-11-28-12-10-18)29-15-24(21)31-32-27/h5-15,30H,1-2H2,3-4H3,(H,31,32)/b19-6+. The van der Waals surface area contributed by atoms with Crippen molar-refractivity contribution in [3.8, 4) is 22.6 Å². The van der Waals surface area contributed by atoms with E-state index < -0.39 is 0 Å². The summed E-state index contributed by atoms with van der Waals surface area (Å²) >= 11 is 1.74. The number of rotatable bonds is 6. The third-order valence-corrected chi connectivity index (χ3v) is 6.84. The second-order valence-electron chi connectivity index (χ2n) is 7.91. The van der Waals surface area contributed by atoms with E-state index in [1.807, 2.05) is 31.3 Å². The second kappa shape index (κ2) is 8.48. The van der Waals surface area contributed by atoms with Crippen LogP contribution in [-0.2, 0) is 0 Å². The molecule has 5 nitrogen and oxygen atoms in total. The lowest BCUT2D eigenvalue weighted by Gasteiger charge is -2.04. The second-order valence-corrected chi connectivity index (χ2v) is 8.99. The smallest absolute Gasteiger partial charge is 0.116 e. The number of aryl methyl sites for hydroxylation is 1. The number of nitrogens with one attached hydrogen (secondary N) is 2. The van der Waals surface area contributed by atoms with Crippen LogP contribution in [0.2, 0.25) is 0 Å². The third kappa shape index (κ3) is 3.85. The lowest BCUT2D eigenvalue weighted by Crippen LogP contribution is -1.85. The van der Waals surface area contributed by atoms with Gasteiger partial charge in [-0.3, -0.25) is 15.1 Å². The van der Waals surface area contributed by atoms with Crippen LogP contribution < -0.4 is 0 Å². The van der Waals surface area contributed by atoms with Gasteiger partial charge in [0.2, 0.25) is 0 Å². The molecule has 0 aliphatic heterocycles. The molecule has 0 spiro atoms. The molecule has 5 aromatic rings. The SMILES string of the molecule is C=C/C=C(/c1ccc(C(=C)C)s1)c1cc(-c2n[nH]c3cnc(-c4ccncc4)cc23)[nH]c1C. The van der Waals surface area contributed by atoms with Crippen LogP contribution in [0.1, 0.15) is 27.9 Å². The first-order chi connectivity index (χ1) is 16.0. The van der Waals surface area contributed by atoms with Crippen molar-refractivity contribution >= 4 is 33.4 Å². The zero-order chi connectivity index (χ0) is 22.9. The fourth-order valence-electron chi connectivity index (χ4n) is 3.90. The molecule has 0 amide bonds. The Balaban J connectivity index is 1.59. The number of aromatic nitrogens is 5. The van der Waals surface area contributed by atoms with Gasteiger partial charge >= 0.3 is 0 Å². The molecule has 0 fully saturated rings. The average molecular weight is 450 g/mol. The molecule has 5 heterocycles. The number of aromatic amines is 2. The molecule has 0 saturated carbocycles. The van der Waals surface area contributed by atoms with Crippen molar-refractivity contribution < 1.29 is 0 Å². The Morgan fingerprint density at radius 3 is 2.61 bits per heavy atom. The monoisotopic (exact) mass is 449 g/mol. The van der Waals surface area contributed by atoms with Gasteiger partial charge < -0.3 is 4.98 Å². The highest BCUT2D eigenvalue weighted by Crippen LogP contribution is 2.36. The van der Waals surface area contributed by atoms with Crippen molar-refractivity contribution in [2.75, 3.05) is 0 Å². The average Bonchev–Trinajstić information content (AvgIpc) is 3.56. The van der Waals surface area contributed by atoms with Crippen molar-refractivity contribution in [3.05, 3.63) is 101 Å². The van der Waals surface area contributed by atoms with Crippen molar-refractivity contribution in [2.24, 2.45) is 0 Å². The lowest BCUT2D eigenvalue weighted by molar-refractivity contribution is 1.11. The van der Waals surface area contributed by atoms with Gasteiger partial charge in [0.1, 0.15) is 5.69 Å². The maximum absolute atomic E-state index is 4.60. The number of hydrogen-bond acceptors (Lipinski definition) is 4. The highest BCUT2D eigenvalue weighted by Gasteiger charge is 2.17. The highest BCUT2D eigenvalue weighted by molar-refractivity contribution is 7.14. The van der Waals surface area contributed by atoms with Gasteiger partial charge in [-0.1, -0.05) is 25.3 Å². The Kier molecular flexibility index (Phi) is 5.36. The van der Waals surface area contributed by atoms with Crippen LogP contribution in [0.5, 0.6) is 0 Å². The predicted octanol–water partition coefficient (Wildman–Crippen LogP) is 7.04. The summed E-state index contributed by atoms with van der Waals surface area (Å²) < 4.78 is 0. The Bertz CT molecular complexity index is 1510. The summed E-state index contributed by atoms with van der Waals surface area (Å²) in [6.07, 6.45) is 9.26. The largest absolute Gasteiger partial charge is 0.357 e. The van der Waals surface area contributed by atoms with Gasteiger partial charge in [-0.15, -0.1) is 11.3 Å². The molecule has 0 saturated heterocycles. The molecule has 6 heteroatoms. The molecular weight excluding hydrogens is 426 g/mol. The van der Waals surface area contributed by atoms with Crippen LogP contribution in [0, 0.1) is 6.92 Å². The van der Waals surface area contributed by atoms with Gasteiger partial charge in [-0.25, -0.2) is 0 Å². The number of allylic oxidation sites excluding steroid dienone is 3. The van der Waals surface area contributed by atoms with E-state index in [0.29, 0.717) is 0 Å². The molecule has 0 bridgehead atoms. The minimum atomic E-state index is 0.865. The number of nitrogens with zero attached hydrogens (tertiary/aromatic N) is 3. The molecular formula is C27H23N5S. The number of thiophene rings is 1. The molecule has 5 aromatic heterocycles. The minimum absolute atomic E-state index is 0.865. The molecule has 2 N–H and O–H groups in total. The molecule has 5 rings (SSSR count). The minimum Gasteiger partial charge on any atom is -0.357 e. The van der Waals surface area contributed by atoms with Gasteiger partial charge in [-0.2, -0.15) is 5.10 Å². The summed E-state index contributed by atoms with van der Waals surface area (Å²) in [4.78, 5) is 14.6. The maximum Gasteiger partial charge on any atom is 0.116 e. The van der Waals surface area contributed by atoms with Crippen LogP contribution in [0.3, 0.4) is 0 Å². The van der Waals surface area contributed by atoms with E-state index in [0.717, 1.165) is 56.0 Å². The fraction of sp³-hybridized carbons (Fsp3) is 0.0741. The third-order valence-electron chi connectivity index (χ3n) is 5.56. The highest BCUT2D eigenvalue weighted by atomic mass is 32.1. The first-order valence-corrected chi connectivity index (χ1v) is 11.4. The Labute approximate surface area is 196 Å². The summed E-state index contributed by atoms with van der Waals surface area (Å²) in [6.45, 7) is 12.1. The topological polar surface area (TPSA) is 70.2 Å². The van der Waals surface area contributed by atoms with Crippen molar-refractivity contribution in [1.82, 2.24) is 25.1 Å². The Morgan fingerprint density at radius 2 is 1.88 bits per heavy atom. The van der Waals surface area contributed by atoms with Crippen molar-refractivity contribution in [2.45, 2.75) is 13.8 Å². The van der Waals surface area contributed by atoms with Crippen LogP contribution in [0.15, 0.2) is 80.3 Å². The van der Waals surface area contributed by atoms with E-state index in [2.05, 4.69) is 75.6 Å². The molecule has 0 aromatic carbocycles. The van der Waals surface area contributed by atoms with Gasteiger partial charge in [-0.05, 0) is 55.8 Å². The van der Waals surface area contributed by atoms with Gasteiger partial charge in [0, 0.05) is 49.9 Å². The van der Waals surface area contributed by atoms with Gasteiger partial charge in [0.25, 0.3) is 0 Å². The van der Waals surface area contributed by atoms with Gasteiger partial charge in [0.15, 0.2) is 0 Å². The van der Waals surface area contributed by atoms with Crippen molar-refractivity contribution in [1.29, 1.82) is 0 Å². The molecule has 162 valence electrons. The van der Waals surface area contributed by atoms with Crippen LogP contribution >= 0.6 is 11.3 Å². The molecule has 0 unspecified atom stereocenters. The van der Waals surface area contributed by atoms with Gasteiger partial charge in [0.05, 0.1) is 23.1 Å². The van der Waals surface area contributed by atoms with E-state index in [1.165, 1.54) is 9.75 Å². The van der Waals surface area contributed by atoms with Crippen LogP contribution in [0.25, 0.3) is 44.7 Å². The van der Waals surface area contributed by atoms with E-state index in [4.69, 9.17) is 0 Å². The Hall–Kier alpha value is -4.03. The van der Waals surface area contributed by atoms with E-state index in [1.54, 1.807) is 23.7 Å². The zero-order valence-electron chi connectivity index (χ0n) is 18.5. The number of H-pyrrole nitrogens is 2. The summed E-state index contributed by atoms with van der Waals surface area (Å²) in [5, 5.41) is 8.73. The summed E-state index contributed by atoms with van der Waals surface area (Å²) in [5.41, 5.74) is 9.00. The summed E-state index contributed by atoms with van der Waals surface area (Å²) in [5.74, 6) is 0. The number of pyridine rings is 2. The van der Waals surface area contributed by atoms with Crippen LogP contribution in [0.4, 0.5) is 0 Å². The van der Waals surface area contributed by atoms with E-state index >= 15 is 0 Å². The maximum atomic E-state index is 4.60. The normalized spacial score (nSPS) is 11.8. The predicted molar refractivity (Wildman–Crippen MR) is 138 cm³/mol. The molecule has 0 aliphatic carbocycles. The van der Waals surface area contributed by atoms with Crippen LogP contribution in [-0.4, -0.2) is 25.1 Å². The first-order valence-electron chi connectivity index (χ1n) is 10.6. The number of fused-ring (bicyclic) bond motifs is 1. The fourth-order valence-corrected chi connectivity index (χ4v) is 4.87. The van der Waals surface area contributed by atoms with Crippen molar-refractivity contribution in [3.63, 3.8) is 0 Å². The number of hydrogen-bond donors (Lipinski definition) is 2. The zero-order valence-corrected chi connectivity index (χ0v) is 19.3. The first kappa shape index (κ1) is 20.8. The summed E-state index contributed by atoms with van der Waals surface area (Å²) in [6, 6.07) is 12.4. The molecule has 0 atom stereocenters. The molecule has 0 radical (unpaired) electrons. The Morgan fingerprint density at radius 1 is 1.09 bits per heavy atom. The van der Waals surface area contributed by atoms with E-state index in [-0.39, 0.29) is 0 Å². The molecule has 33 heavy (non-hydrogen) atoms.